The molecule has 0 saturated carbocycles. The predicted molar refractivity (Wildman–Crippen MR) is 49.5 cm³/mol. The summed E-state index contributed by atoms with van der Waals surface area (Å²) in [7, 11) is -1.30. The number of anilines is 1. The van der Waals surface area contributed by atoms with Crippen LogP contribution in [0.1, 0.15) is 0 Å². The first-order valence-corrected chi connectivity index (χ1v) is 5.41. The molecule has 0 bridgehead atoms. The molecule has 1 aromatic rings. The third-order valence-corrected chi connectivity index (χ3v) is 2.91. The van der Waals surface area contributed by atoms with Gasteiger partial charge in [0.15, 0.2) is 0 Å². The molecule has 0 spiro atoms. The van der Waals surface area contributed by atoms with Crippen molar-refractivity contribution in [1.82, 2.24) is 9.97 Å². The van der Waals surface area contributed by atoms with Gasteiger partial charge in [-0.2, -0.15) is 8.78 Å². The maximum atomic E-state index is 12.1. The van der Waals surface area contributed by atoms with E-state index in [0.29, 0.717) is 0 Å². The van der Waals surface area contributed by atoms with Gasteiger partial charge in [-0.1, -0.05) is 0 Å². The summed E-state index contributed by atoms with van der Waals surface area (Å²) in [6.07, 6.45) is 1.73. The summed E-state index contributed by atoms with van der Waals surface area (Å²) in [5.74, 6) is -3.20. The number of hydrogen-bond acceptors (Lipinski definition) is 5. The fraction of sp³-hybridized carbons (Fsp3) is 0.429. The number of sulfone groups is 1. The van der Waals surface area contributed by atoms with Crippen LogP contribution in [0.5, 0.6) is 0 Å². The maximum Gasteiger partial charge on any atom is 0.341 e. The number of alkyl halides is 2. The minimum atomic E-state index is -4.60. The molecule has 84 valence electrons. The largest absolute Gasteiger partial charge is 0.347 e. The maximum absolute atomic E-state index is 12.1. The molecule has 8 heteroatoms. The molecule has 0 fully saturated rings. The SMILES string of the molecule is CN(C)c1ncc(S(=O)(=O)C(F)F)cn1. The van der Waals surface area contributed by atoms with Gasteiger partial charge in [0.05, 0.1) is 12.4 Å². The van der Waals surface area contributed by atoms with Crippen molar-refractivity contribution in [3.63, 3.8) is 0 Å². The fourth-order valence-electron chi connectivity index (χ4n) is 0.790. The van der Waals surface area contributed by atoms with Crippen LogP contribution in [0.4, 0.5) is 14.7 Å². The van der Waals surface area contributed by atoms with Gasteiger partial charge in [-0.25, -0.2) is 18.4 Å². The molecule has 0 amide bonds. The van der Waals surface area contributed by atoms with Gasteiger partial charge in [-0.15, -0.1) is 0 Å². The van der Waals surface area contributed by atoms with E-state index >= 15 is 0 Å². The van der Waals surface area contributed by atoms with Crippen LogP contribution in [0.2, 0.25) is 0 Å². The Kier molecular flexibility index (Phi) is 3.18. The minimum absolute atomic E-state index is 0.253. The van der Waals surface area contributed by atoms with Crippen LogP contribution in [0.3, 0.4) is 0 Å². The zero-order valence-electron chi connectivity index (χ0n) is 8.05. The summed E-state index contributed by atoms with van der Waals surface area (Å²) >= 11 is 0. The van der Waals surface area contributed by atoms with Gasteiger partial charge in [0.1, 0.15) is 4.90 Å². The second-order valence-electron chi connectivity index (χ2n) is 2.92. The average molecular weight is 237 g/mol. The van der Waals surface area contributed by atoms with E-state index in [1.54, 1.807) is 14.1 Å². The number of nitrogens with zero attached hydrogens (tertiary/aromatic N) is 3. The number of rotatable bonds is 3. The first-order valence-electron chi connectivity index (χ1n) is 3.87. The first kappa shape index (κ1) is 11.8. The Morgan fingerprint density at radius 3 is 2.07 bits per heavy atom. The van der Waals surface area contributed by atoms with E-state index in [1.165, 1.54) is 4.90 Å². The summed E-state index contributed by atoms with van der Waals surface area (Å²) in [5.41, 5.74) is 0. The Bertz CT molecular complexity index is 430. The van der Waals surface area contributed by atoms with Gasteiger partial charge in [0.25, 0.3) is 0 Å². The number of halogens is 2. The summed E-state index contributed by atoms with van der Waals surface area (Å²) in [6, 6.07) is 0. The minimum Gasteiger partial charge on any atom is -0.347 e. The molecule has 0 N–H and O–H groups in total. The van der Waals surface area contributed by atoms with Gasteiger partial charge in [-0.05, 0) is 0 Å². The smallest absolute Gasteiger partial charge is 0.341 e. The predicted octanol–water partition coefficient (Wildman–Crippen LogP) is 0.539. The highest BCUT2D eigenvalue weighted by Crippen LogP contribution is 2.17. The Hall–Kier alpha value is -1.31. The monoisotopic (exact) mass is 237 g/mol. The Morgan fingerprint density at radius 2 is 1.73 bits per heavy atom. The zero-order valence-corrected chi connectivity index (χ0v) is 8.87. The molecule has 0 unspecified atom stereocenters. The lowest BCUT2D eigenvalue weighted by Crippen LogP contribution is -2.15. The van der Waals surface area contributed by atoms with Crippen molar-refractivity contribution in [2.45, 2.75) is 10.7 Å². The van der Waals surface area contributed by atoms with Crippen molar-refractivity contribution in [2.75, 3.05) is 19.0 Å². The summed E-state index contributed by atoms with van der Waals surface area (Å²) in [4.78, 5) is 8.20. The molecule has 0 atom stereocenters. The summed E-state index contributed by atoms with van der Waals surface area (Å²) in [5, 5.41) is 0. The van der Waals surface area contributed by atoms with Gasteiger partial charge < -0.3 is 4.90 Å². The van der Waals surface area contributed by atoms with Crippen LogP contribution < -0.4 is 4.90 Å². The van der Waals surface area contributed by atoms with E-state index < -0.39 is 20.5 Å². The molecule has 0 aromatic carbocycles. The average Bonchev–Trinajstić information content (AvgIpc) is 2.17. The second kappa shape index (κ2) is 4.05. The molecule has 0 aliphatic heterocycles. The highest BCUT2D eigenvalue weighted by atomic mass is 32.2. The molecule has 15 heavy (non-hydrogen) atoms. The van der Waals surface area contributed by atoms with Crippen LogP contribution in [0, 0.1) is 0 Å². The molecular formula is C7H9F2N3O2S. The molecule has 1 rings (SSSR count). The van der Waals surface area contributed by atoms with Crippen molar-refractivity contribution >= 4 is 15.8 Å². The highest BCUT2D eigenvalue weighted by Gasteiger charge is 2.27. The fourth-order valence-corrected chi connectivity index (χ4v) is 1.40. The van der Waals surface area contributed by atoms with Crippen molar-refractivity contribution in [2.24, 2.45) is 0 Å². The van der Waals surface area contributed by atoms with E-state index in [1.807, 2.05) is 0 Å². The van der Waals surface area contributed by atoms with Gasteiger partial charge in [0, 0.05) is 14.1 Å². The van der Waals surface area contributed by atoms with Crippen molar-refractivity contribution in [3.05, 3.63) is 12.4 Å². The van der Waals surface area contributed by atoms with Crippen LogP contribution >= 0.6 is 0 Å². The van der Waals surface area contributed by atoms with Crippen molar-refractivity contribution in [3.8, 4) is 0 Å². The summed E-state index contributed by atoms with van der Waals surface area (Å²) < 4.78 is 46.1. The van der Waals surface area contributed by atoms with E-state index in [9.17, 15) is 17.2 Å². The lowest BCUT2D eigenvalue weighted by atomic mass is 10.6. The van der Waals surface area contributed by atoms with Crippen LogP contribution in [-0.4, -0.2) is 38.2 Å². The molecule has 0 aliphatic rings. The third-order valence-electron chi connectivity index (χ3n) is 1.58. The molecule has 0 saturated heterocycles. The Balaban J connectivity index is 3.10. The Labute approximate surface area is 85.7 Å². The van der Waals surface area contributed by atoms with Crippen LogP contribution in [0.25, 0.3) is 0 Å². The van der Waals surface area contributed by atoms with E-state index in [2.05, 4.69) is 9.97 Å². The van der Waals surface area contributed by atoms with Crippen molar-refractivity contribution in [1.29, 1.82) is 0 Å². The lowest BCUT2D eigenvalue weighted by molar-refractivity contribution is 0.234. The molecule has 0 radical (unpaired) electrons. The molecule has 1 aromatic heterocycles. The van der Waals surface area contributed by atoms with Gasteiger partial charge in [0.2, 0.25) is 15.8 Å². The lowest BCUT2D eigenvalue weighted by Gasteiger charge is -2.09. The van der Waals surface area contributed by atoms with Gasteiger partial charge in [-0.3, -0.25) is 0 Å². The van der Waals surface area contributed by atoms with E-state index in [4.69, 9.17) is 0 Å². The van der Waals surface area contributed by atoms with E-state index in [-0.39, 0.29) is 5.95 Å². The highest BCUT2D eigenvalue weighted by molar-refractivity contribution is 7.91. The summed E-state index contributed by atoms with van der Waals surface area (Å²) in [6.45, 7) is 0. The van der Waals surface area contributed by atoms with Crippen LogP contribution in [-0.2, 0) is 9.84 Å². The van der Waals surface area contributed by atoms with Crippen molar-refractivity contribution < 1.29 is 17.2 Å². The molecular weight excluding hydrogens is 228 g/mol. The standard InChI is InChI=1S/C7H9F2N3O2S/c1-12(2)7-10-3-5(4-11-7)15(13,14)6(8)9/h3-4,6H,1-2H3. The quantitative estimate of drug-likeness (QED) is 0.767. The normalized spacial score (nSPS) is 11.8. The number of hydrogen-bond donors (Lipinski definition) is 0. The zero-order chi connectivity index (χ0) is 11.6. The third kappa shape index (κ3) is 2.38. The Morgan fingerprint density at radius 1 is 1.27 bits per heavy atom. The molecule has 1 heterocycles. The molecule has 0 aliphatic carbocycles. The van der Waals surface area contributed by atoms with Crippen LogP contribution in [0.15, 0.2) is 17.3 Å². The van der Waals surface area contributed by atoms with Gasteiger partial charge >= 0.3 is 5.76 Å². The molecule has 5 nitrogen and oxygen atoms in total. The number of aromatic nitrogens is 2. The van der Waals surface area contributed by atoms with E-state index in [0.717, 1.165) is 12.4 Å². The topological polar surface area (TPSA) is 63.2 Å². The second-order valence-corrected chi connectivity index (χ2v) is 4.84. The first-order chi connectivity index (χ1) is 6.85.